The highest BCUT2D eigenvalue weighted by molar-refractivity contribution is 7.91. The lowest BCUT2D eigenvalue weighted by molar-refractivity contribution is -0.119. The zero-order valence-electron chi connectivity index (χ0n) is 15.3. The van der Waals surface area contributed by atoms with Crippen LogP contribution in [0.1, 0.15) is 17.8 Å². The summed E-state index contributed by atoms with van der Waals surface area (Å²) in [6.45, 7) is 2.31. The number of thiazole rings is 2. The highest BCUT2D eigenvalue weighted by Crippen LogP contribution is 2.36. The molecule has 29 heavy (non-hydrogen) atoms. The first-order valence-electron chi connectivity index (χ1n) is 8.96. The van der Waals surface area contributed by atoms with Crippen molar-refractivity contribution in [2.45, 2.75) is 30.0 Å². The fourth-order valence-corrected chi connectivity index (χ4v) is 8.33. The Bertz CT molecular complexity index is 1320. The number of carbonyl (C=O) groups excluding carboxylic acids is 1. The normalized spacial score (nSPS) is 18.0. The number of sulfonamides is 1. The molecule has 0 spiro atoms. The summed E-state index contributed by atoms with van der Waals surface area (Å²) in [4.78, 5) is 21.9. The Morgan fingerprint density at radius 2 is 1.93 bits per heavy atom. The Morgan fingerprint density at radius 3 is 2.69 bits per heavy atom. The summed E-state index contributed by atoms with van der Waals surface area (Å²) < 4.78 is 29.4. The van der Waals surface area contributed by atoms with Gasteiger partial charge in [0.25, 0.3) is 10.0 Å². The Balaban J connectivity index is 1.43. The van der Waals surface area contributed by atoms with Gasteiger partial charge in [-0.1, -0.05) is 17.4 Å². The molecular formula is C18H16N4O3S4. The van der Waals surface area contributed by atoms with Crippen LogP contribution in [-0.4, -0.2) is 41.2 Å². The van der Waals surface area contributed by atoms with Gasteiger partial charge < -0.3 is 5.32 Å². The third-order valence-electron chi connectivity index (χ3n) is 4.81. The van der Waals surface area contributed by atoms with Gasteiger partial charge in [-0.05, 0) is 43.3 Å². The summed E-state index contributed by atoms with van der Waals surface area (Å²) in [6.07, 6.45) is 1.16. The van der Waals surface area contributed by atoms with E-state index < -0.39 is 16.1 Å². The minimum Gasteiger partial charge on any atom is -0.301 e. The van der Waals surface area contributed by atoms with E-state index in [-0.39, 0.29) is 10.1 Å². The predicted octanol–water partition coefficient (Wildman–Crippen LogP) is 4.07. The van der Waals surface area contributed by atoms with Crippen LogP contribution in [-0.2, 0) is 14.8 Å². The van der Waals surface area contributed by atoms with Gasteiger partial charge in [0.1, 0.15) is 10.3 Å². The number of rotatable bonds is 4. The van der Waals surface area contributed by atoms with Crippen molar-refractivity contribution in [2.75, 3.05) is 11.9 Å². The molecule has 1 aromatic carbocycles. The fourth-order valence-electron chi connectivity index (χ4n) is 3.54. The molecule has 3 aromatic heterocycles. The Hall–Kier alpha value is -1.92. The number of nitrogens with one attached hydrogen (secondary N) is 1. The molecule has 4 heterocycles. The first-order chi connectivity index (χ1) is 13.9. The predicted molar refractivity (Wildman–Crippen MR) is 117 cm³/mol. The third kappa shape index (κ3) is 3.26. The van der Waals surface area contributed by atoms with E-state index >= 15 is 0 Å². The Kier molecular flexibility index (Phi) is 4.67. The van der Waals surface area contributed by atoms with Crippen LogP contribution in [0.3, 0.4) is 0 Å². The van der Waals surface area contributed by atoms with E-state index in [1.807, 2.05) is 19.1 Å². The molecule has 1 atom stereocenters. The Morgan fingerprint density at radius 1 is 1.17 bits per heavy atom. The molecule has 1 aliphatic rings. The molecule has 4 aromatic rings. The number of nitrogens with zero attached hydrogens (tertiary/aromatic N) is 3. The first-order valence-corrected chi connectivity index (χ1v) is 12.9. The van der Waals surface area contributed by atoms with Crippen LogP contribution in [0.25, 0.3) is 20.4 Å². The lowest BCUT2D eigenvalue weighted by atomic mass is 10.2. The van der Waals surface area contributed by atoms with Crippen molar-refractivity contribution in [3.8, 4) is 0 Å². The quantitative estimate of drug-likeness (QED) is 0.492. The first kappa shape index (κ1) is 19.1. The lowest BCUT2D eigenvalue weighted by Crippen LogP contribution is -2.42. The number of fused-ring (bicyclic) bond motifs is 3. The van der Waals surface area contributed by atoms with Crippen molar-refractivity contribution in [1.29, 1.82) is 0 Å². The van der Waals surface area contributed by atoms with Gasteiger partial charge >= 0.3 is 0 Å². The molecular weight excluding hydrogens is 448 g/mol. The van der Waals surface area contributed by atoms with E-state index in [0.29, 0.717) is 24.5 Å². The number of aromatic nitrogens is 2. The second-order valence-corrected chi connectivity index (χ2v) is 12.0. The molecule has 1 aliphatic heterocycles. The molecule has 0 aliphatic carbocycles. The topological polar surface area (TPSA) is 92.3 Å². The summed E-state index contributed by atoms with van der Waals surface area (Å²) in [7, 11) is -3.67. The second kappa shape index (κ2) is 7.10. The molecule has 150 valence electrons. The number of carbonyl (C=O) groups is 1. The second-order valence-electron chi connectivity index (χ2n) is 6.71. The van der Waals surface area contributed by atoms with Crippen molar-refractivity contribution in [1.82, 2.24) is 14.3 Å². The molecule has 1 N–H and O–H groups in total. The molecule has 0 saturated carbocycles. The van der Waals surface area contributed by atoms with Gasteiger partial charge in [0.05, 0.1) is 25.4 Å². The molecule has 5 rings (SSSR count). The summed E-state index contributed by atoms with van der Waals surface area (Å²) in [5.41, 5.74) is 1.72. The number of aryl methyl sites for hydroxylation is 1. The number of hydrogen-bond acceptors (Lipinski definition) is 8. The van der Waals surface area contributed by atoms with Crippen molar-refractivity contribution >= 4 is 75.5 Å². The van der Waals surface area contributed by atoms with Crippen molar-refractivity contribution < 1.29 is 13.2 Å². The molecule has 1 unspecified atom stereocenters. The minimum atomic E-state index is -3.67. The summed E-state index contributed by atoms with van der Waals surface area (Å²) in [5.74, 6) is -0.335. The standard InChI is InChI=1S/C18H16N4O3S4/c1-10-19-11-6-7-12-16(15(11)27-10)28-18(20-12)21-17(23)13-4-2-8-22(13)29(24,25)14-5-3-9-26-14/h3,5-7,9,13H,2,4,8H2,1H3,(H,20,21,23). The average Bonchev–Trinajstić information content (AvgIpc) is 3.44. The van der Waals surface area contributed by atoms with E-state index in [0.717, 1.165) is 36.8 Å². The van der Waals surface area contributed by atoms with Crippen LogP contribution in [0.5, 0.6) is 0 Å². The van der Waals surface area contributed by atoms with Crippen LogP contribution >= 0.6 is 34.0 Å². The summed E-state index contributed by atoms with van der Waals surface area (Å²) in [6, 6.07) is 6.37. The monoisotopic (exact) mass is 464 g/mol. The highest BCUT2D eigenvalue weighted by Gasteiger charge is 2.40. The van der Waals surface area contributed by atoms with Gasteiger partial charge in [0.2, 0.25) is 5.91 Å². The van der Waals surface area contributed by atoms with Crippen LogP contribution in [0.4, 0.5) is 5.13 Å². The number of hydrogen-bond donors (Lipinski definition) is 1. The van der Waals surface area contributed by atoms with Crippen LogP contribution in [0, 0.1) is 6.92 Å². The van der Waals surface area contributed by atoms with E-state index in [4.69, 9.17) is 0 Å². The number of benzene rings is 1. The van der Waals surface area contributed by atoms with Gasteiger partial charge in [-0.2, -0.15) is 4.31 Å². The molecule has 7 nitrogen and oxygen atoms in total. The lowest BCUT2D eigenvalue weighted by Gasteiger charge is -2.22. The maximum atomic E-state index is 12.9. The molecule has 1 saturated heterocycles. The highest BCUT2D eigenvalue weighted by atomic mass is 32.2. The summed E-state index contributed by atoms with van der Waals surface area (Å²) >= 11 is 4.16. The zero-order chi connectivity index (χ0) is 20.2. The number of anilines is 1. The van der Waals surface area contributed by atoms with E-state index in [2.05, 4.69) is 15.3 Å². The van der Waals surface area contributed by atoms with Gasteiger partial charge in [0.15, 0.2) is 5.13 Å². The third-order valence-corrected chi connectivity index (χ3v) is 10.2. The SMILES string of the molecule is Cc1nc2ccc3nc(NC(=O)C4CCCN4S(=O)(=O)c4cccs4)sc3c2s1. The van der Waals surface area contributed by atoms with E-state index in [1.165, 1.54) is 15.6 Å². The van der Waals surface area contributed by atoms with Crippen LogP contribution in [0.2, 0.25) is 0 Å². The average molecular weight is 465 g/mol. The largest absolute Gasteiger partial charge is 0.301 e. The molecule has 1 fully saturated rings. The van der Waals surface area contributed by atoms with Crippen molar-refractivity contribution in [3.63, 3.8) is 0 Å². The smallest absolute Gasteiger partial charge is 0.253 e. The van der Waals surface area contributed by atoms with Gasteiger partial charge in [0, 0.05) is 6.54 Å². The zero-order valence-corrected chi connectivity index (χ0v) is 18.6. The van der Waals surface area contributed by atoms with E-state index in [9.17, 15) is 13.2 Å². The molecule has 0 radical (unpaired) electrons. The van der Waals surface area contributed by atoms with Gasteiger partial charge in [-0.3, -0.25) is 4.79 Å². The Labute approximate surface area is 179 Å². The van der Waals surface area contributed by atoms with Crippen LogP contribution < -0.4 is 5.32 Å². The number of amides is 1. The molecule has 11 heteroatoms. The van der Waals surface area contributed by atoms with Crippen LogP contribution in [0.15, 0.2) is 33.9 Å². The fraction of sp³-hybridized carbons (Fsp3) is 0.278. The van der Waals surface area contributed by atoms with E-state index in [1.54, 1.807) is 28.8 Å². The van der Waals surface area contributed by atoms with Crippen molar-refractivity contribution in [2.24, 2.45) is 0 Å². The number of thiophene rings is 1. The van der Waals surface area contributed by atoms with Gasteiger partial charge in [-0.15, -0.1) is 22.7 Å². The van der Waals surface area contributed by atoms with Crippen molar-refractivity contribution in [3.05, 3.63) is 34.7 Å². The molecule has 1 amide bonds. The summed E-state index contributed by atoms with van der Waals surface area (Å²) in [5, 5.41) is 6.02. The maximum absolute atomic E-state index is 12.9. The maximum Gasteiger partial charge on any atom is 0.253 e. The van der Waals surface area contributed by atoms with Gasteiger partial charge in [-0.25, -0.2) is 18.4 Å². The minimum absolute atomic E-state index is 0.264. The molecule has 0 bridgehead atoms.